The van der Waals surface area contributed by atoms with Crippen molar-refractivity contribution < 1.29 is 14.2 Å². The molecule has 2 heterocycles. The first-order chi connectivity index (χ1) is 7.61. The van der Waals surface area contributed by atoms with Crippen LogP contribution in [0.2, 0.25) is 0 Å². The number of anilines is 1. The Bertz CT molecular complexity index is 485. The molecule has 3 N–H and O–H groups in total. The fraction of sp³-hybridized carbons (Fsp3) is 0.333. The maximum Gasteiger partial charge on any atom is 0.352 e. The quantitative estimate of drug-likeness (QED) is 0.659. The van der Waals surface area contributed by atoms with Gasteiger partial charge >= 0.3 is 5.69 Å². The summed E-state index contributed by atoms with van der Waals surface area (Å²) in [7, 11) is 0. The fourth-order valence-electron chi connectivity index (χ4n) is 1.39. The van der Waals surface area contributed by atoms with Crippen molar-refractivity contribution in [3.05, 3.63) is 34.7 Å². The minimum absolute atomic E-state index is 0.202. The Morgan fingerprint density at radius 1 is 1.62 bits per heavy atom. The fourth-order valence-corrected chi connectivity index (χ4v) is 1.39. The van der Waals surface area contributed by atoms with Crippen LogP contribution in [0.1, 0.15) is 6.23 Å². The molecule has 0 spiro atoms. The Morgan fingerprint density at radius 2 is 2.38 bits per heavy atom. The Hall–Kier alpha value is -1.73. The first-order valence-electron chi connectivity index (χ1n) is 4.60. The van der Waals surface area contributed by atoms with E-state index in [0.717, 1.165) is 10.8 Å². The summed E-state index contributed by atoms with van der Waals surface area (Å²) in [6, 6.07) is 0. The van der Waals surface area contributed by atoms with Crippen molar-refractivity contribution in [2.45, 2.75) is 12.3 Å². The van der Waals surface area contributed by atoms with E-state index in [9.17, 15) is 9.18 Å². The summed E-state index contributed by atoms with van der Waals surface area (Å²) in [5.41, 5.74) is 4.44. The number of ether oxygens (including phenoxy) is 1. The smallest absolute Gasteiger partial charge is 0.352 e. The van der Waals surface area contributed by atoms with Gasteiger partial charge in [0.15, 0.2) is 17.9 Å². The molecule has 0 bridgehead atoms. The first kappa shape index (κ1) is 10.8. The van der Waals surface area contributed by atoms with Gasteiger partial charge in [0.05, 0.1) is 12.8 Å². The summed E-state index contributed by atoms with van der Waals surface area (Å²) in [5.74, 6) is -1.23. The number of aromatic nitrogens is 2. The van der Waals surface area contributed by atoms with E-state index < -0.39 is 29.7 Å². The molecule has 6 nitrogen and oxygen atoms in total. The lowest BCUT2D eigenvalue weighted by Gasteiger charge is -2.14. The summed E-state index contributed by atoms with van der Waals surface area (Å²) in [5, 5.41) is 8.83. The van der Waals surface area contributed by atoms with Crippen LogP contribution in [0.15, 0.2) is 23.1 Å². The highest BCUT2D eigenvalue weighted by Crippen LogP contribution is 2.19. The monoisotopic (exact) mass is 227 g/mol. The highest BCUT2D eigenvalue weighted by Gasteiger charge is 2.21. The van der Waals surface area contributed by atoms with Crippen molar-refractivity contribution in [3.63, 3.8) is 0 Å². The molecule has 0 unspecified atom stereocenters. The van der Waals surface area contributed by atoms with Crippen LogP contribution in [0, 0.1) is 5.82 Å². The van der Waals surface area contributed by atoms with Crippen molar-refractivity contribution in [1.29, 1.82) is 0 Å². The van der Waals surface area contributed by atoms with Gasteiger partial charge in [-0.2, -0.15) is 4.98 Å². The van der Waals surface area contributed by atoms with Crippen LogP contribution < -0.4 is 11.4 Å². The second-order valence-corrected chi connectivity index (χ2v) is 3.30. The summed E-state index contributed by atoms with van der Waals surface area (Å²) >= 11 is 0. The van der Waals surface area contributed by atoms with Crippen LogP contribution in [-0.2, 0) is 4.74 Å². The minimum Gasteiger partial charge on any atom is -0.393 e. The molecule has 0 aromatic carbocycles. The highest BCUT2D eigenvalue weighted by atomic mass is 19.1. The minimum atomic E-state index is -0.788. The van der Waals surface area contributed by atoms with Gasteiger partial charge in [0.2, 0.25) is 0 Å². The lowest BCUT2D eigenvalue weighted by Crippen LogP contribution is -2.29. The van der Waals surface area contributed by atoms with Crippen molar-refractivity contribution >= 4 is 5.82 Å². The topological polar surface area (TPSA) is 90.4 Å². The van der Waals surface area contributed by atoms with E-state index >= 15 is 0 Å². The van der Waals surface area contributed by atoms with Gasteiger partial charge in [-0.05, 0) is 6.08 Å². The largest absolute Gasteiger partial charge is 0.393 e. The molecular formula is C9H10FN3O3. The molecule has 0 radical (unpaired) electrons. The molecule has 0 saturated carbocycles. The Balaban J connectivity index is 2.33. The third-order valence-electron chi connectivity index (χ3n) is 2.19. The molecular weight excluding hydrogens is 217 g/mol. The number of hydrogen-bond donors (Lipinski definition) is 2. The van der Waals surface area contributed by atoms with Gasteiger partial charge in [-0.15, -0.1) is 0 Å². The standard InChI is InChI=1S/C9H10FN3O3/c10-6-3-13(9(15)12-8(6)11)7-2-1-5(4-14)16-7/h1-3,5,7,14H,4H2,(H2,11,12,15)/t5-,7-/m1/s1. The second kappa shape index (κ2) is 4.03. The number of aliphatic hydroxyl groups excluding tert-OH is 1. The summed E-state index contributed by atoms with van der Waals surface area (Å²) < 4.78 is 19.3. The SMILES string of the molecule is Nc1nc(=O)n([C@H]2C=C[C@H](CO)O2)cc1F. The van der Waals surface area contributed by atoms with E-state index in [1.165, 1.54) is 0 Å². The highest BCUT2D eigenvalue weighted by molar-refractivity contribution is 5.26. The molecule has 1 aromatic heterocycles. The van der Waals surface area contributed by atoms with Crippen molar-refractivity contribution in [2.75, 3.05) is 12.3 Å². The molecule has 1 aliphatic heterocycles. The molecule has 2 rings (SSSR count). The van der Waals surface area contributed by atoms with Crippen LogP contribution in [0.3, 0.4) is 0 Å². The molecule has 16 heavy (non-hydrogen) atoms. The van der Waals surface area contributed by atoms with Crippen LogP contribution >= 0.6 is 0 Å². The third kappa shape index (κ3) is 1.82. The van der Waals surface area contributed by atoms with Crippen LogP contribution in [0.5, 0.6) is 0 Å². The number of hydrogen-bond acceptors (Lipinski definition) is 5. The van der Waals surface area contributed by atoms with E-state index in [-0.39, 0.29) is 6.61 Å². The Labute approximate surface area is 89.8 Å². The lowest BCUT2D eigenvalue weighted by atomic mass is 10.4. The van der Waals surface area contributed by atoms with E-state index in [2.05, 4.69) is 4.98 Å². The summed E-state index contributed by atoms with van der Waals surface area (Å²) in [4.78, 5) is 14.7. The Morgan fingerprint density at radius 3 is 3.00 bits per heavy atom. The van der Waals surface area contributed by atoms with Crippen molar-refractivity contribution in [2.24, 2.45) is 0 Å². The van der Waals surface area contributed by atoms with Crippen LogP contribution in [0.4, 0.5) is 10.2 Å². The van der Waals surface area contributed by atoms with Gasteiger partial charge in [-0.25, -0.2) is 9.18 Å². The van der Waals surface area contributed by atoms with Crippen LogP contribution in [0.25, 0.3) is 0 Å². The van der Waals surface area contributed by atoms with Crippen LogP contribution in [-0.4, -0.2) is 27.4 Å². The zero-order valence-corrected chi connectivity index (χ0v) is 8.21. The van der Waals surface area contributed by atoms with Crippen molar-refractivity contribution in [1.82, 2.24) is 9.55 Å². The predicted molar refractivity (Wildman–Crippen MR) is 53.0 cm³/mol. The molecule has 0 amide bonds. The maximum absolute atomic E-state index is 13.1. The van der Waals surface area contributed by atoms with Gasteiger partial charge in [0.25, 0.3) is 0 Å². The summed E-state index contributed by atoms with van der Waals surface area (Å²) in [6.07, 6.45) is 2.81. The lowest BCUT2D eigenvalue weighted by molar-refractivity contribution is -0.0106. The van der Waals surface area contributed by atoms with E-state index in [4.69, 9.17) is 15.6 Å². The van der Waals surface area contributed by atoms with Crippen molar-refractivity contribution in [3.8, 4) is 0 Å². The average Bonchev–Trinajstić information content (AvgIpc) is 2.71. The molecule has 2 atom stereocenters. The maximum atomic E-state index is 13.1. The Kier molecular flexibility index (Phi) is 2.71. The number of halogens is 1. The van der Waals surface area contributed by atoms with E-state index in [1.54, 1.807) is 12.2 Å². The molecule has 1 aliphatic rings. The molecule has 86 valence electrons. The van der Waals surface area contributed by atoms with E-state index in [1.807, 2.05) is 0 Å². The molecule has 7 heteroatoms. The third-order valence-corrected chi connectivity index (χ3v) is 2.19. The van der Waals surface area contributed by atoms with Gasteiger partial charge < -0.3 is 15.6 Å². The summed E-state index contributed by atoms with van der Waals surface area (Å²) in [6.45, 7) is -0.202. The number of nitrogens with zero attached hydrogens (tertiary/aromatic N) is 2. The number of rotatable bonds is 2. The second-order valence-electron chi connectivity index (χ2n) is 3.30. The van der Waals surface area contributed by atoms with Gasteiger partial charge in [-0.3, -0.25) is 4.57 Å². The average molecular weight is 227 g/mol. The number of nitrogens with two attached hydrogens (primary N) is 1. The van der Waals surface area contributed by atoms with Gasteiger partial charge in [0, 0.05) is 0 Å². The molecule has 0 saturated heterocycles. The number of aliphatic hydroxyl groups is 1. The van der Waals surface area contributed by atoms with E-state index in [0.29, 0.717) is 0 Å². The normalized spacial score (nSPS) is 23.9. The first-order valence-corrected chi connectivity index (χ1v) is 4.60. The zero-order chi connectivity index (χ0) is 11.7. The predicted octanol–water partition coefficient (Wildman–Crippen LogP) is -0.590. The number of nitrogen functional groups attached to an aromatic ring is 1. The molecule has 0 aliphatic carbocycles. The van der Waals surface area contributed by atoms with Gasteiger partial charge in [0.1, 0.15) is 6.10 Å². The zero-order valence-electron chi connectivity index (χ0n) is 8.21. The van der Waals surface area contributed by atoms with Gasteiger partial charge in [-0.1, -0.05) is 6.08 Å². The molecule has 0 fully saturated rings. The molecule has 1 aromatic rings.